The minimum atomic E-state index is -4.04. The van der Waals surface area contributed by atoms with Crippen LogP contribution in [0.4, 0.5) is 30.1 Å². The number of urea groups is 1. The molecule has 1 aliphatic heterocycles. The zero-order valence-electron chi connectivity index (χ0n) is 49.3. The molecule has 1 fully saturated rings. The monoisotopic (exact) mass is 1350 g/mol. The summed E-state index contributed by atoms with van der Waals surface area (Å²) in [6, 6.07) is 37.0. The Labute approximate surface area is 541 Å². The van der Waals surface area contributed by atoms with E-state index in [4.69, 9.17) is 23.2 Å². The van der Waals surface area contributed by atoms with Crippen LogP contribution < -0.4 is 30.1 Å². The molecule has 24 nitrogen and oxygen atoms in total. The van der Waals surface area contributed by atoms with E-state index in [1.807, 2.05) is 79.1 Å². The van der Waals surface area contributed by atoms with Crippen molar-refractivity contribution >= 4 is 133 Å². The molecule has 0 aliphatic carbocycles. The maximum Gasteiger partial charge on any atom is 0.420 e. The molecule has 0 bridgehead atoms. The lowest BCUT2D eigenvalue weighted by atomic mass is 9.89. The molecule has 30 heteroatoms. The fraction of sp³-hybridized carbons (Fsp3) is 0.213. The molecule has 91 heavy (non-hydrogen) atoms. The highest BCUT2D eigenvalue weighted by Crippen LogP contribution is 2.31. The number of aromatic nitrogens is 3. The molecule has 7 amide bonds. The van der Waals surface area contributed by atoms with Gasteiger partial charge < -0.3 is 44.0 Å². The predicted molar refractivity (Wildman–Crippen MR) is 353 cm³/mol. The van der Waals surface area contributed by atoms with Crippen LogP contribution in [0.3, 0.4) is 0 Å². The van der Waals surface area contributed by atoms with Gasteiger partial charge in [0.1, 0.15) is 24.9 Å². The number of likely N-dealkylation sites (tertiary alicyclic amines) is 1. The SMILES string of the molecule is CNC(=O)NS(=O)(=O)c1ccc(NC(=O)[C@@H](C)n2ccc3c(F)cccc32)cc1.COC(=O)NS(=O)(=O)c1ccc(C2CCN(C(=O)Cn3ccc4ccc(Cl)cc43)CC2)cc1.COC(=O)NS(=O)(=O)c1ccc(NC(=O)Cn2c(C)cc3cc(Cl)ccc32)cc1.[HH].[HH].[HH].[HH].[HH].[HH]. The second kappa shape index (κ2) is 29.0. The summed E-state index contributed by atoms with van der Waals surface area (Å²) in [6.07, 6.45) is 2.99. The largest absolute Gasteiger partial charge is 0.452 e. The number of methoxy groups -OCH3 is 2. The zero-order chi connectivity index (χ0) is 66.0. The van der Waals surface area contributed by atoms with Crippen molar-refractivity contribution in [3.8, 4) is 0 Å². The second-order valence-electron chi connectivity index (χ2n) is 20.5. The number of amides is 7. The number of sulfonamides is 3. The average molecular weight is 1360 g/mol. The van der Waals surface area contributed by atoms with Gasteiger partial charge in [0.05, 0.1) is 34.4 Å². The highest BCUT2D eigenvalue weighted by molar-refractivity contribution is 7.90. The molecule has 9 aromatic rings. The summed E-state index contributed by atoms with van der Waals surface area (Å²) in [7, 11) is -8.56. The van der Waals surface area contributed by atoms with Crippen LogP contribution in [0.1, 0.15) is 51.5 Å². The molecule has 4 heterocycles. The minimum absolute atomic E-state index is 0. The second-order valence-corrected chi connectivity index (χ2v) is 26.4. The number of hydrogen-bond acceptors (Lipinski definition) is 14. The highest BCUT2D eigenvalue weighted by Gasteiger charge is 2.27. The van der Waals surface area contributed by atoms with E-state index in [1.54, 1.807) is 58.8 Å². The molecule has 10 rings (SSSR count). The van der Waals surface area contributed by atoms with E-state index >= 15 is 0 Å². The van der Waals surface area contributed by atoms with Gasteiger partial charge in [-0.2, -0.15) is 0 Å². The van der Waals surface area contributed by atoms with Crippen LogP contribution in [0.15, 0.2) is 173 Å². The number of aryl methyl sites for hydroxylation is 1. The van der Waals surface area contributed by atoms with Gasteiger partial charge in [0, 0.05) is 90.0 Å². The van der Waals surface area contributed by atoms with Crippen LogP contribution in [0.25, 0.3) is 32.7 Å². The van der Waals surface area contributed by atoms with Crippen molar-refractivity contribution in [2.75, 3.05) is 45.0 Å². The van der Waals surface area contributed by atoms with Crippen molar-refractivity contribution in [1.82, 2.24) is 38.1 Å². The van der Waals surface area contributed by atoms with Gasteiger partial charge in [-0.1, -0.05) is 47.5 Å². The number of nitrogens with zero attached hydrogens (tertiary/aromatic N) is 4. The van der Waals surface area contributed by atoms with Gasteiger partial charge in [-0.25, -0.2) is 58.2 Å². The maximum absolute atomic E-state index is 13.9. The van der Waals surface area contributed by atoms with E-state index in [1.165, 1.54) is 73.8 Å². The topological polar surface area (TPSA) is 314 Å². The zero-order valence-corrected chi connectivity index (χ0v) is 53.2. The summed E-state index contributed by atoms with van der Waals surface area (Å²) in [5.74, 6) is -0.711. The Morgan fingerprint density at radius 1 is 0.615 bits per heavy atom. The van der Waals surface area contributed by atoms with Gasteiger partial charge in [-0.3, -0.25) is 14.4 Å². The van der Waals surface area contributed by atoms with Crippen LogP contribution in [0, 0.1) is 12.7 Å². The first-order valence-corrected chi connectivity index (χ1v) is 32.8. The molecule has 1 saturated heterocycles. The van der Waals surface area contributed by atoms with Crippen molar-refractivity contribution < 1.29 is 76.4 Å². The third-order valence-electron chi connectivity index (χ3n) is 14.6. The number of hydrogen-bond donors (Lipinski definition) is 6. The third kappa shape index (κ3) is 16.9. The number of piperidine rings is 1. The van der Waals surface area contributed by atoms with E-state index in [9.17, 15) is 58.4 Å². The lowest BCUT2D eigenvalue weighted by Gasteiger charge is -2.32. The van der Waals surface area contributed by atoms with Gasteiger partial charge in [0.15, 0.2) is 0 Å². The van der Waals surface area contributed by atoms with Crippen molar-refractivity contribution in [1.29, 1.82) is 0 Å². The van der Waals surface area contributed by atoms with E-state index in [0.717, 1.165) is 60.1 Å². The number of nitrogens with one attached hydrogen (secondary N) is 6. The van der Waals surface area contributed by atoms with Crippen molar-refractivity contribution in [3.63, 3.8) is 0 Å². The lowest BCUT2D eigenvalue weighted by Crippen LogP contribution is -2.39. The Bertz CT molecular complexity index is 4590. The van der Waals surface area contributed by atoms with E-state index in [-0.39, 0.29) is 65.8 Å². The number of anilines is 2. The van der Waals surface area contributed by atoms with Crippen molar-refractivity contribution in [2.45, 2.75) is 66.4 Å². The van der Waals surface area contributed by atoms with Crippen LogP contribution in [0.2, 0.25) is 10.0 Å². The number of halogens is 3. The van der Waals surface area contributed by atoms with E-state index in [2.05, 4.69) is 25.4 Å². The first-order chi connectivity index (χ1) is 43.2. The summed E-state index contributed by atoms with van der Waals surface area (Å²) in [6.45, 7) is 5.18. The number of benzene rings is 6. The molecule has 1 atom stereocenters. The van der Waals surface area contributed by atoms with Gasteiger partial charge in [0.2, 0.25) is 17.7 Å². The molecule has 0 unspecified atom stereocenters. The molecule has 6 aromatic carbocycles. The summed E-state index contributed by atoms with van der Waals surface area (Å²) in [5, 5.41) is 11.2. The molecular formula is C61H73Cl2FN10O14S3. The summed E-state index contributed by atoms with van der Waals surface area (Å²) in [5.41, 5.74) is 5.12. The molecule has 490 valence electrons. The first kappa shape index (κ1) is 67.5. The highest BCUT2D eigenvalue weighted by atomic mass is 35.5. The number of rotatable bonds is 15. The maximum atomic E-state index is 13.9. The summed E-state index contributed by atoms with van der Waals surface area (Å²) >= 11 is 12.1. The smallest absolute Gasteiger partial charge is 0.420 e. The molecular weight excluding hydrogens is 1280 g/mol. The number of ether oxygens (including phenoxy) is 2. The quantitative estimate of drug-likeness (QED) is 0.0556. The Balaban J connectivity index is 0.000000482. The Morgan fingerprint density at radius 3 is 1.75 bits per heavy atom. The van der Waals surface area contributed by atoms with Crippen LogP contribution in [-0.4, -0.2) is 114 Å². The minimum Gasteiger partial charge on any atom is -0.452 e. The fourth-order valence-electron chi connectivity index (χ4n) is 9.80. The molecule has 3 aromatic heterocycles. The molecule has 0 saturated carbocycles. The number of carbonyl (C=O) groups excluding carboxylic acids is 6. The standard InChI is InChI=1S/C23H24ClN3O5S.C19H18ClN3O5S.C19H19FN4O4S.6H2/c1-32-23(29)25-33(30,31)20-6-3-16(4-7-20)17-8-11-26(12-9-17)22(28)15-27-13-10-18-2-5-19(24)14-21(18)27;1-12-9-13-10-14(20)3-8-17(13)23(12)11-18(24)21-15-4-6-16(7-5-15)29(26,27)22-19(25)28-2;1-12(24-11-10-15-16(20)4-3-5-17(15)24)18(25)22-13-6-8-14(9-7-13)29(27,28)23-19(26)21-2;;;;;;/h2-7,10,13-14,17H,8-9,11-12,15H2,1H3,(H,25,29);3-10H,11H2,1-2H3,(H,21,24)(H,22,25);3-12H,1-2H3,(H,22,25)(H2,21,23,26);6*1H/t;;12-;;;;;;/m..1....../s1. The Hall–Kier alpha value is -9.48. The average Bonchev–Trinajstić information content (AvgIpc) is 1.76. The van der Waals surface area contributed by atoms with Crippen molar-refractivity contribution in [2.24, 2.45) is 0 Å². The fourth-order valence-corrected chi connectivity index (χ4v) is 12.9. The van der Waals surface area contributed by atoms with Crippen LogP contribution >= 0.6 is 23.2 Å². The van der Waals surface area contributed by atoms with Gasteiger partial charge in [-0.15, -0.1) is 0 Å². The van der Waals surface area contributed by atoms with Gasteiger partial charge in [-0.05, 0) is 165 Å². The van der Waals surface area contributed by atoms with Crippen LogP contribution in [-0.2, 0) is 67.0 Å². The molecule has 1 aliphatic rings. The predicted octanol–water partition coefficient (Wildman–Crippen LogP) is 11.1. The summed E-state index contributed by atoms with van der Waals surface area (Å²) < 4.78 is 106. The Morgan fingerprint density at radius 2 is 1.16 bits per heavy atom. The number of fused-ring (bicyclic) bond motifs is 3. The molecule has 0 radical (unpaired) electrons. The van der Waals surface area contributed by atoms with Gasteiger partial charge in [0.25, 0.3) is 30.1 Å². The molecule has 0 spiro atoms. The van der Waals surface area contributed by atoms with Gasteiger partial charge >= 0.3 is 18.2 Å². The molecule has 6 N–H and O–H groups in total. The van der Waals surface area contributed by atoms with Crippen LogP contribution in [0.5, 0.6) is 0 Å². The van der Waals surface area contributed by atoms with E-state index in [0.29, 0.717) is 45.4 Å². The normalized spacial score (nSPS) is 12.9. The van der Waals surface area contributed by atoms with Crippen molar-refractivity contribution in [3.05, 3.63) is 185 Å². The third-order valence-corrected chi connectivity index (χ3v) is 19.0. The lowest BCUT2D eigenvalue weighted by molar-refractivity contribution is -0.132. The van der Waals surface area contributed by atoms with E-state index < -0.39 is 54.3 Å². The first-order valence-electron chi connectivity index (χ1n) is 27.6. The number of carbonyl (C=O) groups is 6. The summed E-state index contributed by atoms with van der Waals surface area (Å²) in [4.78, 5) is 73.1. The Kier molecular flexibility index (Phi) is 21.5.